The number of ketones is 1. The predicted octanol–water partition coefficient (Wildman–Crippen LogP) is 5.88. The minimum atomic E-state index is -0.979. The smallest absolute Gasteiger partial charge is 0.335 e. The number of carboxylic acid groups (broad SMARTS) is 1. The monoisotopic (exact) mass is 366 g/mol. The zero-order valence-electron chi connectivity index (χ0n) is 16.7. The molecule has 27 heavy (non-hydrogen) atoms. The van der Waals surface area contributed by atoms with Gasteiger partial charge in [-0.3, -0.25) is 4.79 Å². The minimum Gasteiger partial charge on any atom is -0.478 e. The van der Waals surface area contributed by atoms with Gasteiger partial charge in [0.2, 0.25) is 0 Å². The van der Waals surface area contributed by atoms with Gasteiger partial charge >= 0.3 is 5.97 Å². The van der Waals surface area contributed by atoms with E-state index < -0.39 is 5.97 Å². The summed E-state index contributed by atoms with van der Waals surface area (Å²) in [5, 5.41) is 17.1. The molecule has 0 spiro atoms. The molecule has 0 saturated carbocycles. The summed E-state index contributed by atoms with van der Waals surface area (Å²) in [5.74, 6) is -0.902. The Hall–Kier alpha value is -2.82. The molecule has 0 heterocycles. The van der Waals surface area contributed by atoms with Crippen LogP contribution in [0.25, 0.3) is 0 Å². The first-order valence-electron chi connectivity index (χ1n) is 8.83. The molecule has 1 aliphatic rings. The van der Waals surface area contributed by atoms with E-state index in [-0.39, 0.29) is 22.2 Å². The van der Waals surface area contributed by atoms with E-state index in [0.717, 1.165) is 16.7 Å². The van der Waals surface area contributed by atoms with Crippen molar-refractivity contribution in [3.8, 4) is 0 Å². The number of carbonyl (C=O) groups is 2. The Balaban J connectivity index is 2.36. The van der Waals surface area contributed by atoms with E-state index in [1.165, 1.54) is 12.1 Å². The third kappa shape index (κ3) is 5.09. The standard InChI is InChI=1S/C22H26N2O3/c1-21(2,3)17-11-14(12-18(19(17)25)22(4,5)6)13-23-24-16-9-7-15(8-10-16)20(26)27/h7-13H,1-6H3,(H,26,27). The molecule has 0 aromatic heterocycles. The van der Waals surface area contributed by atoms with Gasteiger partial charge in [0, 0.05) is 11.1 Å². The molecule has 1 N–H and O–H groups in total. The molecule has 2 rings (SSSR count). The van der Waals surface area contributed by atoms with Crippen molar-refractivity contribution in [3.05, 3.63) is 64.9 Å². The number of hydrogen-bond donors (Lipinski definition) is 1. The second-order valence-corrected chi connectivity index (χ2v) is 8.64. The van der Waals surface area contributed by atoms with E-state index in [1.807, 2.05) is 53.7 Å². The lowest BCUT2D eigenvalue weighted by Gasteiger charge is -2.31. The van der Waals surface area contributed by atoms with Crippen LogP contribution < -0.4 is 0 Å². The minimum absolute atomic E-state index is 0.0772. The first-order chi connectivity index (χ1) is 12.4. The molecular weight excluding hydrogens is 340 g/mol. The van der Waals surface area contributed by atoms with Gasteiger partial charge in [0.25, 0.3) is 0 Å². The fourth-order valence-corrected chi connectivity index (χ4v) is 2.67. The van der Waals surface area contributed by atoms with Crippen molar-refractivity contribution >= 4 is 17.4 Å². The summed E-state index contributed by atoms with van der Waals surface area (Å²) in [4.78, 5) is 23.8. The maximum atomic E-state index is 12.9. The molecule has 0 atom stereocenters. The summed E-state index contributed by atoms with van der Waals surface area (Å²) in [6.07, 6.45) is 5.35. The molecule has 5 heteroatoms. The van der Waals surface area contributed by atoms with Gasteiger partial charge in [-0.05, 0) is 52.8 Å². The Labute approximate surface area is 160 Å². The van der Waals surface area contributed by atoms with Crippen LogP contribution in [0.4, 0.5) is 5.69 Å². The first kappa shape index (κ1) is 20.5. The van der Waals surface area contributed by atoms with Crippen molar-refractivity contribution in [1.29, 1.82) is 0 Å². The molecule has 0 unspecified atom stereocenters. The van der Waals surface area contributed by atoms with Crippen LogP contribution in [0.3, 0.4) is 0 Å². The van der Waals surface area contributed by atoms with Gasteiger partial charge in [0.15, 0.2) is 5.78 Å². The lowest BCUT2D eigenvalue weighted by atomic mass is 9.72. The van der Waals surface area contributed by atoms with Crippen molar-refractivity contribution in [2.75, 3.05) is 0 Å². The molecule has 1 aliphatic carbocycles. The van der Waals surface area contributed by atoms with Crippen LogP contribution >= 0.6 is 0 Å². The molecule has 0 saturated heterocycles. The molecule has 0 fully saturated rings. The van der Waals surface area contributed by atoms with Crippen LogP contribution in [-0.4, -0.2) is 16.9 Å². The SMILES string of the molecule is CC(C)(C)C1=CC(=CN=Nc2ccc(C(=O)O)cc2)C=C(C(C)(C)C)C1=O. The van der Waals surface area contributed by atoms with E-state index in [0.29, 0.717) is 5.69 Å². The number of azo groups is 1. The summed E-state index contributed by atoms with van der Waals surface area (Å²) in [6.45, 7) is 12.1. The first-order valence-corrected chi connectivity index (χ1v) is 8.83. The fourth-order valence-electron chi connectivity index (χ4n) is 2.67. The highest BCUT2D eigenvalue weighted by Gasteiger charge is 2.33. The van der Waals surface area contributed by atoms with Gasteiger partial charge in [-0.25, -0.2) is 4.79 Å². The second kappa shape index (κ2) is 7.43. The summed E-state index contributed by atoms with van der Waals surface area (Å²) >= 11 is 0. The van der Waals surface area contributed by atoms with Crippen molar-refractivity contribution in [3.63, 3.8) is 0 Å². The number of hydrogen-bond acceptors (Lipinski definition) is 4. The van der Waals surface area contributed by atoms with Gasteiger partial charge < -0.3 is 5.11 Å². The van der Waals surface area contributed by atoms with Crippen molar-refractivity contribution in [2.24, 2.45) is 21.1 Å². The van der Waals surface area contributed by atoms with Crippen LogP contribution in [0.2, 0.25) is 0 Å². The van der Waals surface area contributed by atoms with E-state index in [4.69, 9.17) is 5.11 Å². The van der Waals surface area contributed by atoms with Crippen molar-refractivity contribution in [1.82, 2.24) is 0 Å². The highest BCUT2D eigenvalue weighted by atomic mass is 16.4. The van der Waals surface area contributed by atoms with E-state index in [9.17, 15) is 9.59 Å². The molecule has 142 valence electrons. The Morgan fingerprint density at radius 3 is 1.81 bits per heavy atom. The number of Topliss-reactive ketones (excluding diaryl/α,β-unsaturated/α-hetero) is 1. The topological polar surface area (TPSA) is 79.1 Å². The summed E-state index contributed by atoms with van der Waals surface area (Å²) < 4.78 is 0. The Morgan fingerprint density at radius 1 is 0.926 bits per heavy atom. The lowest BCUT2D eigenvalue weighted by molar-refractivity contribution is -0.114. The summed E-state index contributed by atoms with van der Waals surface area (Å²) in [6, 6.07) is 6.17. The van der Waals surface area contributed by atoms with Crippen LogP contribution in [0.1, 0.15) is 51.9 Å². The number of carbonyl (C=O) groups excluding carboxylic acids is 1. The zero-order chi connectivity index (χ0) is 20.4. The Morgan fingerprint density at radius 2 is 1.41 bits per heavy atom. The van der Waals surface area contributed by atoms with Crippen molar-refractivity contribution < 1.29 is 14.7 Å². The average molecular weight is 366 g/mol. The largest absolute Gasteiger partial charge is 0.478 e. The number of allylic oxidation sites excluding steroid dienone is 5. The third-order valence-corrected chi connectivity index (χ3v) is 4.22. The zero-order valence-corrected chi connectivity index (χ0v) is 16.7. The lowest BCUT2D eigenvalue weighted by Crippen LogP contribution is -2.27. The molecule has 1 aromatic rings. The quantitative estimate of drug-likeness (QED) is 0.678. The van der Waals surface area contributed by atoms with Crippen LogP contribution in [0.15, 0.2) is 69.6 Å². The maximum absolute atomic E-state index is 12.9. The highest BCUT2D eigenvalue weighted by molar-refractivity contribution is 6.11. The number of benzene rings is 1. The second-order valence-electron chi connectivity index (χ2n) is 8.64. The predicted molar refractivity (Wildman–Crippen MR) is 106 cm³/mol. The van der Waals surface area contributed by atoms with E-state index in [2.05, 4.69) is 10.2 Å². The molecule has 0 amide bonds. The van der Waals surface area contributed by atoms with E-state index in [1.54, 1.807) is 18.3 Å². The maximum Gasteiger partial charge on any atom is 0.335 e. The van der Waals surface area contributed by atoms with E-state index >= 15 is 0 Å². The highest BCUT2D eigenvalue weighted by Crippen LogP contribution is 2.38. The van der Waals surface area contributed by atoms with Crippen LogP contribution in [-0.2, 0) is 4.79 Å². The molecule has 5 nitrogen and oxygen atoms in total. The molecular formula is C22H26N2O3. The van der Waals surface area contributed by atoms with Crippen LogP contribution in [0.5, 0.6) is 0 Å². The third-order valence-electron chi connectivity index (χ3n) is 4.22. The van der Waals surface area contributed by atoms with Gasteiger partial charge in [0.05, 0.1) is 17.5 Å². The molecule has 0 aliphatic heterocycles. The molecule has 0 radical (unpaired) electrons. The number of aromatic carboxylic acids is 1. The normalized spacial score (nSPS) is 15.6. The van der Waals surface area contributed by atoms with Gasteiger partial charge in [-0.2, -0.15) is 10.2 Å². The molecule has 0 bridgehead atoms. The van der Waals surface area contributed by atoms with Gasteiger partial charge in [-0.1, -0.05) is 41.5 Å². The number of rotatable bonds is 3. The van der Waals surface area contributed by atoms with Gasteiger partial charge in [0.1, 0.15) is 0 Å². The average Bonchev–Trinajstić information content (AvgIpc) is 2.54. The summed E-state index contributed by atoms with van der Waals surface area (Å²) in [7, 11) is 0. The molecule has 1 aromatic carbocycles. The number of nitrogens with zero attached hydrogens (tertiary/aromatic N) is 2. The van der Waals surface area contributed by atoms with Gasteiger partial charge in [-0.15, -0.1) is 0 Å². The Kier molecular flexibility index (Phi) is 5.64. The number of carboxylic acids is 1. The Bertz CT molecular complexity index is 836. The van der Waals surface area contributed by atoms with Crippen LogP contribution in [0, 0.1) is 10.8 Å². The fraction of sp³-hybridized carbons (Fsp3) is 0.364. The van der Waals surface area contributed by atoms with Crippen molar-refractivity contribution in [2.45, 2.75) is 41.5 Å². The summed E-state index contributed by atoms with van der Waals surface area (Å²) in [5.41, 5.74) is 2.53.